The molecule has 0 radical (unpaired) electrons. The van der Waals surface area contributed by atoms with E-state index in [9.17, 15) is 0 Å². The molecule has 0 aliphatic carbocycles. The van der Waals surface area contributed by atoms with E-state index in [1.54, 1.807) is 0 Å². The lowest BCUT2D eigenvalue weighted by Gasteiger charge is -2.12. The summed E-state index contributed by atoms with van der Waals surface area (Å²) in [5.41, 5.74) is 8.21. The van der Waals surface area contributed by atoms with Gasteiger partial charge >= 0.3 is 0 Å². The Balaban J connectivity index is 2.45. The highest BCUT2D eigenvalue weighted by atomic mass is 15.1. The van der Waals surface area contributed by atoms with Crippen LogP contribution in [0.5, 0.6) is 0 Å². The van der Waals surface area contributed by atoms with Crippen molar-refractivity contribution in [2.24, 2.45) is 5.73 Å². The largest absolute Gasteiger partial charge is 0.327 e. The molecule has 0 aliphatic heterocycles. The molecule has 0 bridgehead atoms. The Hall–Kier alpha value is -1.35. The van der Waals surface area contributed by atoms with Crippen molar-refractivity contribution in [3.05, 3.63) is 30.1 Å². The summed E-state index contributed by atoms with van der Waals surface area (Å²) in [5.74, 6) is 1.04. The van der Waals surface area contributed by atoms with E-state index < -0.39 is 0 Å². The van der Waals surface area contributed by atoms with E-state index >= 15 is 0 Å². The third-order valence-corrected chi connectivity index (χ3v) is 2.79. The molecule has 2 aromatic rings. The smallest absolute Gasteiger partial charge is 0.106 e. The van der Waals surface area contributed by atoms with Gasteiger partial charge in [-0.3, -0.25) is 0 Å². The zero-order valence-electron chi connectivity index (χ0n) is 9.27. The molecule has 15 heavy (non-hydrogen) atoms. The molecule has 2 N–H and O–H groups in total. The van der Waals surface area contributed by atoms with Crippen LogP contribution in [0.3, 0.4) is 0 Å². The van der Waals surface area contributed by atoms with Crippen LogP contribution in [0.4, 0.5) is 0 Å². The molecule has 1 heterocycles. The van der Waals surface area contributed by atoms with E-state index in [4.69, 9.17) is 5.73 Å². The van der Waals surface area contributed by atoms with Gasteiger partial charge in [0.15, 0.2) is 0 Å². The van der Waals surface area contributed by atoms with Crippen LogP contribution in [0.15, 0.2) is 24.3 Å². The van der Waals surface area contributed by atoms with Crippen LogP contribution in [0.2, 0.25) is 0 Å². The van der Waals surface area contributed by atoms with Crippen LogP contribution in [0, 0.1) is 6.92 Å². The summed E-state index contributed by atoms with van der Waals surface area (Å²) in [4.78, 5) is 4.51. The normalized spacial score (nSPS) is 13.3. The predicted octanol–water partition coefficient (Wildman–Crippen LogP) is 2.08. The number of nitrogens with two attached hydrogens (primary N) is 1. The van der Waals surface area contributed by atoms with Crippen LogP contribution >= 0.6 is 0 Å². The van der Waals surface area contributed by atoms with Crippen molar-refractivity contribution in [3.8, 4) is 0 Å². The van der Waals surface area contributed by atoms with Crippen molar-refractivity contribution in [3.63, 3.8) is 0 Å². The summed E-state index contributed by atoms with van der Waals surface area (Å²) >= 11 is 0. The summed E-state index contributed by atoms with van der Waals surface area (Å²) in [6.45, 7) is 4.99. The minimum Gasteiger partial charge on any atom is -0.327 e. The highest BCUT2D eigenvalue weighted by Crippen LogP contribution is 2.15. The fraction of sp³-hybridized carbons (Fsp3) is 0.417. The summed E-state index contributed by atoms with van der Waals surface area (Å²) in [5, 5.41) is 0. The molecule has 0 aliphatic rings. The van der Waals surface area contributed by atoms with Crippen molar-refractivity contribution in [2.45, 2.75) is 32.9 Å². The third-order valence-electron chi connectivity index (χ3n) is 2.79. The van der Waals surface area contributed by atoms with Gasteiger partial charge in [-0.25, -0.2) is 4.98 Å². The Labute approximate surface area is 89.9 Å². The molecule has 80 valence electrons. The van der Waals surface area contributed by atoms with E-state index in [-0.39, 0.29) is 6.04 Å². The van der Waals surface area contributed by atoms with Gasteiger partial charge in [-0.15, -0.1) is 0 Å². The first kappa shape index (κ1) is 10.2. The number of fused-ring (bicyclic) bond motifs is 1. The summed E-state index contributed by atoms with van der Waals surface area (Å²) in [6, 6.07) is 8.39. The van der Waals surface area contributed by atoms with E-state index in [1.165, 1.54) is 5.52 Å². The first-order valence-electron chi connectivity index (χ1n) is 5.39. The molecule has 1 unspecified atom stereocenters. The van der Waals surface area contributed by atoms with Gasteiger partial charge in [0.05, 0.1) is 11.0 Å². The molecule has 2 rings (SSSR count). The van der Waals surface area contributed by atoms with Crippen molar-refractivity contribution >= 4 is 11.0 Å². The van der Waals surface area contributed by atoms with Crippen LogP contribution in [-0.2, 0) is 6.54 Å². The quantitative estimate of drug-likeness (QED) is 0.830. The Morgan fingerprint density at radius 3 is 2.87 bits per heavy atom. The Kier molecular flexibility index (Phi) is 2.73. The number of aromatic nitrogens is 2. The first-order valence-corrected chi connectivity index (χ1v) is 5.39. The van der Waals surface area contributed by atoms with Gasteiger partial charge in [-0.1, -0.05) is 19.1 Å². The lowest BCUT2D eigenvalue weighted by molar-refractivity contribution is 0.539. The van der Waals surface area contributed by atoms with Gasteiger partial charge in [0, 0.05) is 12.6 Å². The molecular weight excluding hydrogens is 186 g/mol. The second kappa shape index (κ2) is 4.03. The number of nitrogens with zero attached hydrogens (tertiary/aromatic N) is 2. The van der Waals surface area contributed by atoms with E-state index in [0.717, 1.165) is 24.3 Å². The maximum atomic E-state index is 5.98. The number of hydrogen-bond donors (Lipinski definition) is 1. The topological polar surface area (TPSA) is 43.8 Å². The monoisotopic (exact) mass is 203 g/mol. The lowest BCUT2D eigenvalue weighted by atomic mass is 10.2. The third kappa shape index (κ3) is 1.88. The molecule has 0 saturated carbocycles. The Morgan fingerprint density at radius 2 is 2.13 bits per heavy atom. The molecule has 1 aromatic carbocycles. The van der Waals surface area contributed by atoms with Crippen LogP contribution in [0.25, 0.3) is 11.0 Å². The second-order valence-electron chi connectivity index (χ2n) is 3.93. The molecule has 0 spiro atoms. The molecule has 0 saturated heterocycles. The molecule has 1 atom stereocenters. The number of hydrogen-bond acceptors (Lipinski definition) is 2. The highest BCUT2D eigenvalue weighted by Gasteiger charge is 2.08. The Bertz CT molecular complexity index is 459. The minimum atomic E-state index is 0.210. The summed E-state index contributed by atoms with van der Waals surface area (Å²) < 4.78 is 2.20. The zero-order valence-corrected chi connectivity index (χ0v) is 9.27. The molecule has 3 heteroatoms. The van der Waals surface area contributed by atoms with E-state index in [1.807, 2.05) is 25.1 Å². The van der Waals surface area contributed by atoms with Gasteiger partial charge in [0.1, 0.15) is 5.82 Å². The van der Waals surface area contributed by atoms with Crippen molar-refractivity contribution in [1.82, 2.24) is 9.55 Å². The standard InChI is InChI=1S/C12H17N3/c1-3-10(13)8-15-9(2)14-11-6-4-5-7-12(11)15/h4-7,10H,3,8,13H2,1-2H3. The van der Waals surface area contributed by atoms with Crippen LogP contribution < -0.4 is 5.73 Å². The van der Waals surface area contributed by atoms with Gasteiger partial charge in [0.25, 0.3) is 0 Å². The van der Waals surface area contributed by atoms with E-state index in [2.05, 4.69) is 22.5 Å². The number of imidazole rings is 1. The lowest BCUT2D eigenvalue weighted by Crippen LogP contribution is -2.25. The van der Waals surface area contributed by atoms with Crippen LogP contribution in [0.1, 0.15) is 19.2 Å². The van der Waals surface area contributed by atoms with Gasteiger partial charge < -0.3 is 10.3 Å². The van der Waals surface area contributed by atoms with Crippen molar-refractivity contribution < 1.29 is 0 Å². The maximum absolute atomic E-state index is 5.98. The van der Waals surface area contributed by atoms with E-state index in [0.29, 0.717) is 0 Å². The number of rotatable bonds is 3. The molecule has 0 amide bonds. The van der Waals surface area contributed by atoms with Gasteiger partial charge in [-0.05, 0) is 25.5 Å². The number of benzene rings is 1. The maximum Gasteiger partial charge on any atom is 0.106 e. The zero-order chi connectivity index (χ0) is 10.8. The number of para-hydroxylation sites is 2. The molecular formula is C12H17N3. The fourth-order valence-corrected chi connectivity index (χ4v) is 1.79. The Morgan fingerprint density at radius 1 is 1.40 bits per heavy atom. The summed E-state index contributed by atoms with van der Waals surface area (Å²) in [7, 11) is 0. The molecule has 1 aromatic heterocycles. The minimum absolute atomic E-state index is 0.210. The first-order chi connectivity index (χ1) is 7.22. The van der Waals surface area contributed by atoms with Gasteiger partial charge in [0.2, 0.25) is 0 Å². The summed E-state index contributed by atoms with van der Waals surface area (Å²) in [6.07, 6.45) is 0.992. The number of aryl methyl sites for hydroxylation is 1. The highest BCUT2D eigenvalue weighted by molar-refractivity contribution is 5.75. The van der Waals surface area contributed by atoms with Crippen molar-refractivity contribution in [2.75, 3.05) is 0 Å². The van der Waals surface area contributed by atoms with Crippen molar-refractivity contribution in [1.29, 1.82) is 0 Å². The average Bonchev–Trinajstić information content (AvgIpc) is 2.55. The average molecular weight is 203 g/mol. The second-order valence-corrected chi connectivity index (χ2v) is 3.93. The fourth-order valence-electron chi connectivity index (χ4n) is 1.79. The SMILES string of the molecule is CCC(N)Cn1c(C)nc2ccccc21. The van der Waals surface area contributed by atoms with Gasteiger partial charge in [-0.2, -0.15) is 0 Å². The molecule has 3 nitrogen and oxygen atoms in total. The van der Waals surface area contributed by atoms with Crippen LogP contribution in [-0.4, -0.2) is 15.6 Å². The predicted molar refractivity (Wildman–Crippen MR) is 62.7 cm³/mol. The molecule has 0 fully saturated rings.